The van der Waals surface area contributed by atoms with Gasteiger partial charge in [-0.2, -0.15) is 0 Å². The van der Waals surface area contributed by atoms with E-state index in [0.29, 0.717) is 19.4 Å². The van der Waals surface area contributed by atoms with Crippen LogP contribution in [0.2, 0.25) is 0 Å². The molecule has 0 aliphatic carbocycles. The lowest BCUT2D eigenvalue weighted by Gasteiger charge is -2.07. The molecule has 5 nitrogen and oxygen atoms in total. The van der Waals surface area contributed by atoms with Crippen molar-refractivity contribution in [3.8, 4) is 0 Å². The first kappa shape index (κ1) is 23.6. The molecule has 25 heavy (non-hydrogen) atoms. The Morgan fingerprint density at radius 1 is 0.960 bits per heavy atom. The summed E-state index contributed by atoms with van der Waals surface area (Å²) in [5.74, 6) is -0.861. The number of nitrogens with two attached hydrogens (primary N) is 1. The minimum absolute atomic E-state index is 0.101. The topological polar surface area (TPSA) is 92.4 Å². The Morgan fingerprint density at radius 2 is 1.60 bits per heavy atom. The highest BCUT2D eigenvalue weighted by Crippen LogP contribution is 2.09. The van der Waals surface area contributed by atoms with E-state index in [1.807, 2.05) is 0 Å². The van der Waals surface area contributed by atoms with Gasteiger partial charge in [0.25, 0.3) is 0 Å². The number of carbonyl (C=O) groups is 2. The lowest BCUT2D eigenvalue weighted by atomic mass is 10.1. The van der Waals surface area contributed by atoms with Gasteiger partial charge in [-0.25, -0.2) is 0 Å². The predicted octanol–water partition coefficient (Wildman–Crippen LogP) is 4.16. The Labute approximate surface area is 153 Å². The van der Waals surface area contributed by atoms with Crippen LogP contribution >= 0.6 is 0 Å². The molecule has 0 aromatic heterocycles. The molecule has 0 fully saturated rings. The van der Waals surface area contributed by atoms with E-state index >= 15 is 0 Å². The van der Waals surface area contributed by atoms with Crippen LogP contribution < -0.4 is 11.1 Å². The van der Waals surface area contributed by atoms with Crippen LogP contribution in [-0.4, -0.2) is 29.6 Å². The maximum Gasteiger partial charge on any atom is 0.320 e. The van der Waals surface area contributed by atoms with Gasteiger partial charge in [0.15, 0.2) is 0 Å². The first-order valence-corrected chi connectivity index (χ1v) is 9.98. The smallest absolute Gasteiger partial charge is 0.320 e. The Bertz CT molecular complexity index is 370. The van der Waals surface area contributed by atoms with Gasteiger partial charge in [0.2, 0.25) is 5.91 Å². The minimum atomic E-state index is -0.961. The van der Waals surface area contributed by atoms with Crippen LogP contribution in [0.15, 0.2) is 12.2 Å². The summed E-state index contributed by atoms with van der Waals surface area (Å²) in [6, 6.07) is -0.789. The number of allylic oxidation sites excluding steroid dienone is 2. The Kier molecular flexibility index (Phi) is 16.5. The fourth-order valence-corrected chi connectivity index (χ4v) is 2.59. The van der Waals surface area contributed by atoms with Crippen LogP contribution in [0.3, 0.4) is 0 Å². The molecule has 1 atom stereocenters. The van der Waals surface area contributed by atoms with Gasteiger partial charge >= 0.3 is 5.97 Å². The van der Waals surface area contributed by atoms with Crippen molar-refractivity contribution in [2.45, 2.75) is 96.4 Å². The fraction of sp³-hybridized carbons (Fsp3) is 0.800. The molecule has 0 aromatic rings. The van der Waals surface area contributed by atoms with E-state index in [4.69, 9.17) is 10.8 Å². The lowest BCUT2D eigenvalue weighted by molar-refractivity contribution is -0.138. The Hall–Kier alpha value is -1.36. The van der Waals surface area contributed by atoms with Crippen molar-refractivity contribution in [3.63, 3.8) is 0 Å². The summed E-state index contributed by atoms with van der Waals surface area (Å²) >= 11 is 0. The number of aliphatic carboxylic acids is 1. The summed E-state index contributed by atoms with van der Waals surface area (Å²) < 4.78 is 0. The predicted molar refractivity (Wildman–Crippen MR) is 103 cm³/mol. The van der Waals surface area contributed by atoms with Gasteiger partial charge in [0.05, 0.1) is 0 Å². The van der Waals surface area contributed by atoms with Crippen molar-refractivity contribution in [2.75, 3.05) is 6.54 Å². The van der Waals surface area contributed by atoms with Crippen molar-refractivity contribution in [2.24, 2.45) is 5.73 Å². The quantitative estimate of drug-likeness (QED) is 0.270. The van der Waals surface area contributed by atoms with Crippen LogP contribution in [0, 0.1) is 0 Å². The van der Waals surface area contributed by atoms with Crippen LogP contribution in [0.5, 0.6) is 0 Å². The van der Waals surface area contributed by atoms with Crippen molar-refractivity contribution < 1.29 is 14.7 Å². The van der Waals surface area contributed by atoms with Crippen LogP contribution in [0.25, 0.3) is 0 Å². The summed E-state index contributed by atoms with van der Waals surface area (Å²) in [5.41, 5.74) is 5.42. The van der Waals surface area contributed by atoms with Gasteiger partial charge in [-0.15, -0.1) is 0 Å². The second-order valence-corrected chi connectivity index (χ2v) is 6.71. The lowest BCUT2D eigenvalue weighted by Crippen LogP contribution is -2.30. The van der Waals surface area contributed by atoms with E-state index < -0.39 is 12.0 Å². The highest BCUT2D eigenvalue weighted by molar-refractivity contribution is 5.75. The monoisotopic (exact) mass is 354 g/mol. The van der Waals surface area contributed by atoms with Crippen molar-refractivity contribution in [1.82, 2.24) is 5.32 Å². The Morgan fingerprint density at radius 3 is 2.28 bits per heavy atom. The maximum absolute atomic E-state index is 11.7. The van der Waals surface area contributed by atoms with Crippen molar-refractivity contribution in [1.29, 1.82) is 0 Å². The van der Waals surface area contributed by atoms with E-state index in [0.717, 1.165) is 25.7 Å². The molecule has 1 amide bonds. The number of carboxylic acid groups (broad SMARTS) is 1. The molecule has 0 heterocycles. The molecule has 0 saturated heterocycles. The molecule has 0 saturated carbocycles. The summed E-state index contributed by atoms with van der Waals surface area (Å²) in [7, 11) is 0. The molecule has 4 N–H and O–H groups in total. The molecule has 0 spiro atoms. The fourth-order valence-electron chi connectivity index (χ4n) is 2.59. The number of hydrogen-bond donors (Lipinski definition) is 3. The van der Waals surface area contributed by atoms with Crippen LogP contribution in [-0.2, 0) is 9.59 Å². The van der Waals surface area contributed by atoms with Crippen LogP contribution in [0.4, 0.5) is 0 Å². The molecule has 0 bridgehead atoms. The zero-order chi connectivity index (χ0) is 18.8. The third kappa shape index (κ3) is 17.3. The molecule has 0 aliphatic rings. The van der Waals surface area contributed by atoms with Gasteiger partial charge in [-0.05, 0) is 44.9 Å². The molecule has 0 unspecified atom stereocenters. The van der Waals surface area contributed by atoms with Gasteiger partial charge in [0, 0.05) is 13.0 Å². The number of unbranched alkanes of at least 4 members (excludes halogenated alkanes) is 8. The summed E-state index contributed by atoms with van der Waals surface area (Å²) in [6.07, 6.45) is 17.8. The van der Waals surface area contributed by atoms with Gasteiger partial charge < -0.3 is 16.2 Å². The zero-order valence-corrected chi connectivity index (χ0v) is 16.0. The number of carbonyl (C=O) groups excluding carboxylic acids is 1. The largest absolute Gasteiger partial charge is 0.480 e. The first-order valence-electron chi connectivity index (χ1n) is 9.98. The van der Waals surface area contributed by atoms with Crippen molar-refractivity contribution in [3.05, 3.63) is 12.2 Å². The molecule has 0 aliphatic heterocycles. The molecule has 0 aromatic carbocycles. The highest BCUT2D eigenvalue weighted by Gasteiger charge is 2.10. The van der Waals surface area contributed by atoms with Gasteiger partial charge in [-0.3, -0.25) is 9.59 Å². The van der Waals surface area contributed by atoms with Gasteiger partial charge in [-0.1, -0.05) is 51.2 Å². The molecule has 0 rings (SSSR count). The van der Waals surface area contributed by atoms with Gasteiger partial charge in [0.1, 0.15) is 6.04 Å². The minimum Gasteiger partial charge on any atom is -0.480 e. The average Bonchev–Trinajstić information content (AvgIpc) is 2.59. The SMILES string of the molecule is CCC/C=C/CCCCCCCCC(=O)NCCCC[C@H](N)C(=O)O. The highest BCUT2D eigenvalue weighted by atomic mass is 16.4. The first-order chi connectivity index (χ1) is 12.1. The molecular formula is C20H38N2O3. The number of amides is 1. The molecule has 0 radical (unpaired) electrons. The third-order valence-electron chi connectivity index (χ3n) is 4.23. The van der Waals surface area contributed by atoms with E-state index in [9.17, 15) is 9.59 Å². The van der Waals surface area contributed by atoms with E-state index in [2.05, 4.69) is 24.4 Å². The molecule has 5 heteroatoms. The number of nitrogens with one attached hydrogen (secondary N) is 1. The zero-order valence-electron chi connectivity index (χ0n) is 16.0. The number of carboxylic acids is 1. The number of hydrogen-bond acceptors (Lipinski definition) is 3. The summed E-state index contributed by atoms with van der Waals surface area (Å²) in [4.78, 5) is 22.2. The second kappa shape index (κ2) is 17.5. The van der Waals surface area contributed by atoms with E-state index in [-0.39, 0.29) is 5.91 Å². The van der Waals surface area contributed by atoms with Crippen molar-refractivity contribution >= 4 is 11.9 Å². The second-order valence-electron chi connectivity index (χ2n) is 6.71. The maximum atomic E-state index is 11.7. The third-order valence-corrected chi connectivity index (χ3v) is 4.23. The normalized spacial score (nSPS) is 12.4. The standard InChI is InChI=1S/C20H38N2O3/c1-2-3-4-5-6-7-8-9-10-11-12-16-19(23)22-17-14-13-15-18(21)20(24)25/h4-5,18H,2-3,6-17,21H2,1H3,(H,22,23)(H,24,25)/b5-4+/t18-/m0/s1. The molecule has 146 valence electrons. The van der Waals surface area contributed by atoms with E-state index in [1.165, 1.54) is 44.9 Å². The number of rotatable bonds is 17. The summed E-state index contributed by atoms with van der Waals surface area (Å²) in [6.45, 7) is 2.81. The Balaban J connectivity index is 3.29. The average molecular weight is 355 g/mol. The van der Waals surface area contributed by atoms with E-state index in [1.54, 1.807) is 0 Å². The molecular weight excluding hydrogens is 316 g/mol. The summed E-state index contributed by atoms with van der Waals surface area (Å²) in [5, 5.41) is 11.5. The van der Waals surface area contributed by atoms with Crippen LogP contribution in [0.1, 0.15) is 90.4 Å².